The van der Waals surface area contributed by atoms with Gasteiger partial charge in [0, 0.05) is 6.54 Å². The van der Waals surface area contributed by atoms with Crippen molar-refractivity contribution in [2.75, 3.05) is 5.32 Å². The van der Waals surface area contributed by atoms with Gasteiger partial charge in [0.2, 0.25) is 0 Å². The number of ether oxygens (including phenoxy) is 1. The number of rotatable bonds is 5. The van der Waals surface area contributed by atoms with E-state index >= 15 is 0 Å². The van der Waals surface area contributed by atoms with E-state index in [9.17, 15) is 8.78 Å². The van der Waals surface area contributed by atoms with Gasteiger partial charge in [-0.1, -0.05) is 41.4 Å². The molecule has 20 heavy (non-hydrogen) atoms. The van der Waals surface area contributed by atoms with Crippen molar-refractivity contribution >= 4 is 28.9 Å². The molecule has 2 nitrogen and oxygen atoms in total. The number of hydrogen-bond acceptors (Lipinski definition) is 2. The van der Waals surface area contributed by atoms with Gasteiger partial charge in [0.15, 0.2) is 0 Å². The van der Waals surface area contributed by atoms with Crippen molar-refractivity contribution in [3.05, 3.63) is 58.1 Å². The number of hydrogen-bond donors (Lipinski definition) is 1. The van der Waals surface area contributed by atoms with Gasteiger partial charge in [-0.2, -0.15) is 8.78 Å². The van der Waals surface area contributed by atoms with Gasteiger partial charge in [-0.3, -0.25) is 0 Å². The molecule has 0 unspecified atom stereocenters. The van der Waals surface area contributed by atoms with Crippen LogP contribution in [-0.4, -0.2) is 6.61 Å². The Hall–Kier alpha value is -1.52. The van der Waals surface area contributed by atoms with E-state index in [1.165, 1.54) is 12.1 Å². The zero-order valence-electron chi connectivity index (χ0n) is 10.2. The summed E-state index contributed by atoms with van der Waals surface area (Å²) in [6, 6.07) is 11.7. The van der Waals surface area contributed by atoms with E-state index in [1.54, 1.807) is 24.3 Å². The molecule has 0 saturated heterocycles. The summed E-state index contributed by atoms with van der Waals surface area (Å²) < 4.78 is 28.3. The Morgan fingerprint density at radius 2 is 1.75 bits per heavy atom. The molecular weight excluding hydrogens is 307 g/mol. The molecule has 0 bridgehead atoms. The number of alkyl halides is 2. The van der Waals surface area contributed by atoms with Gasteiger partial charge in [0.25, 0.3) is 0 Å². The molecule has 1 N–H and O–H groups in total. The van der Waals surface area contributed by atoms with Gasteiger partial charge >= 0.3 is 6.61 Å². The molecule has 0 fully saturated rings. The Morgan fingerprint density at radius 1 is 1.05 bits per heavy atom. The summed E-state index contributed by atoms with van der Waals surface area (Å²) in [6.07, 6.45) is 0. The first-order valence-corrected chi connectivity index (χ1v) is 6.53. The molecule has 2 aromatic carbocycles. The summed E-state index contributed by atoms with van der Waals surface area (Å²) in [6.45, 7) is -2.32. The van der Waals surface area contributed by atoms with Crippen molar-refractivity contribution < 1.29 is 13.5 Å². The van der Waals surface area contributed by atoms with Crippen LogP contribution in [0.15, 0.2) is 42.5 Å². The van der Waals surface area contributed by atoms with Gasteiger partial charge in [-0.05, 0) is 29.8 Å². The first kappa shape index (κ1) is 14.9. The van der Waals surface area contributed by atoms with Gasteiger partial charge in [-0.15, -0.1) is 0 Å². The molecule has 0 aliphatic rings. The Morgan fingerprint density at radius 3 is 2.40 bits per heavy atom. The van der Waals surface area contributed by atoms with E-state index in [2.05, 4.69) is 10.1 Å². The average molecular weight is 318 g/mol. The number of benzene rings is 2. The fourth-order valence-electron chi connectivity index (χ4n) is 1.63. The fraction of sp³-hybridized carbons (Fsp3) is 0.143. The third-order valence-electron chi connectivity index (χ3n) is 2.58. The quantitative estimate of drug-likeness (QED) is 0.817. The largest absolute Gasteiger partial charge is 0.435 e. The summed E-state index contributed by atoms with van der Waals surface area (Å²) in [4.78, 5) is 0. The predicted octanol–water partition coefficient (Wildman–Crippen LogP) is 5.21. The standard InChI is InChI=1S/C14H11Cl2F2NO/c15-11-2-1-3-12(13(11)16)19-8-9-4-6-10(7-5-9)20-14(17)18/h1-7,14,19H,8H2. The normalized spacial score (nSPS) is 10.7. The van der Waals surface area contributed by atoms with E-state index < -0.39 is 6.61 Å². The molecular formula is C14H11Cl2F2NO. The molecule has 0 atom stereocenters. The van der Waals surface area contributed by atoms with Crippen LogP contribution in [0.1, 0.15) is 5.56 Å². The fourth-order valence-corrected chi connectivity index (χ4v) is 1.99. The summed E-state index contributed by atoms with van der Waals surface area (Å²) in [7, 11) is 0. The van der Waals surface area contributed by atoms with Crippen LogP contribution in [0.4, 0.5) is 14.5 Å². The number of anilines is 1. The smallest absolute Gasteiger partial charge is 0.387 e. The second-order valence-electron chi connectivity index (χ2n) is 3.98. The van der Waals surface area contributed by atoms with E-state index in [0.717, 1.165) is 5.56 Å². The summed E-state index contributed by atoms with van der Waals surface area (Å²) in [5.41, 5.74) is 1.62. The summed E-state index contributed by atoms with van der Waals surface area (Å²) in [5.74, 6) is 0.129. The van der Waals surface area contributed by atoms with E-state index in [0.29, 0.717) is 22.3 Å². The highest BCUT2D eigenvalue weighted by atomic mass is 35.5. The van der Waals surface area contributed by atoms with Crippen LogP contribution in [0.25, 0.3) is 0 Å². The predicted molar refractivity (Wildman–Crippen MR) is 76.9 cm³/mol. The Labute approximate surface area is 125 Å². The van der Waals surface area contributed by atoms with Crippen LogP contribution in [0, 0.1) is 0 Å². The minimum atomic E-state index is -2.82. The van der Waals surface area contributed by atoms with E-state index in [1.807, 2.05) is 6.07 Å². The SMILES string of the molecule is FC(F)Oc1ccc(CNc2cccc(Cl)c2Cl)cc1. The molecule has 0 aromatic heterocycles. The monoisotopic (exact) mass is 317 g/mol. The third-order valence-corrected chi connectivity index (χ3v) is 3.40. The summed E-state index contributed by atoms with van der Waals surface area (Å²) >= 11 is 11.9. The lowest BCUT2D eigenvalue weighted by molar-refractivity contribution is -0.0498. The topological polar surface area (TPSA) is 21.3 Å². The molecule has 0 radical (unpaired) electrons. The maximum Gasteiger partial charge on any atom is 0.387 e. The average Bonchev–Trinajstić information content (AvgIpc) is 2.41. The molecule has 2 aromatic rings. The highest BCUT2D eigenvalue weighted by Crippen LogP contribution is 2.29. The van der Waals surface area contributed by atoms with E-state index in [4.69, 9.17) is 23.2 Å². The maximum absolute atomic E-state index is 12.0. The van der Waals surface area contributed by atoms with Crippen molar-refractivity contribution in [2.24, 2.45) is 0 Å². The molecule has 2 rings (SSSR count). The van der Waals surface area contributed by atoms with Gasteiger partial charge < -0.3 is 10.1 Å². The zero-order chi connectivity index (χ0) is 14.5. The summed E-state index contributed by atoms with van der Waals surface area (Å²) in [5, 5.41) is 4.05. The van der Waals surface area contributed by atoms with Gasteiger partial charge in [-0.25, -0.2) is 0 Å². The second-order valence-corrected chi connectivity index (χ2v) is 4.76. The number of nitrogens with one attached hydrogen (secondary N) is 1. The lowest BCUT2D eigenvalue weighted by Crippen LogP contribution is -2.03. The molecule has 106 valence electrons. The van der Waals surface area contributed by atoms with Gasteiger partial charge in [0.1, 0.15) is 5.75 Å². The zero-order valence-corrected chi connectivity index (χ0v) is 11.8. The lowest BCUT2D eigenvalue weighted by Gasteiger charge is -2.10. The molecule has 0 amide bonds. The van der Waals surface area contributed by atoms with Crippen molar-refractivity contribution in [2.45, 2.75) is 13.2 Å². The first-order valence-electron chi connectivity index (χ1n) is 5.78. The van der Waals surface area contributed by atoms with Crippen LogP contribution in [-0.2, 0) is 6.54 Å². The number of halogens is 4. The highest BCUT2D eigenvalue weighted by molar-refractivity contribution is 6.43. The molecule has 0 spiro atoms. The molecule has 6 heteroatoms. The Kier molecular flexibility index (Phi) is 5.04. The lowest BCUT2D eigenvalue weighted by atomic mass is 10.2. The van der Waals surface area contributed by atoms with Crippen LogP contribution in [0.2, 0.25) is 10.0 Å². The van der Waals surface area contributed by atoms with Crippen LogP contribution < -0.4 is 10.1 Å². The van der Waals surface area contributed by atoms with Crippen LogP contribution in [0.5, 0.6) is 5.75 Å². The molecule has 0 aliphatic carbocycles. The maximum atomic E-state index is 12.0. The van der Waals surface area contributed by atoms with Gasteiger partial charge in [0.05, 0.1) is 15.7 Å². The van der Waals surface area contributed by atoms with Crippen molar-refractivity contribution in [1.82, 2.24) is 0 Å². The van der Waals surface area contributed by atoms with Crippen molar-refractivity contribution in [3.63, 3.8) is 0 Å². The van der Waals surface area contributed by atoms with Crippen LogP contribution in [0.3, 0.4) is 0 Å². The Balaban J connectivity index is 1.99. The highest BCUT2D eigenvalue weighted by Gasteiger charge is 2.05. The van der Waals surface area contributed by atoms with Crippen molar-refractivity contribution in [3.8, 4) is 5.75 Å². The molecule has 0 aliphatic heterocycles. The second kappa shape index (κ2) is 6.77. The molecule has 0 heterocycles. The van der Waals surface area contributed by atoms with E-state index in [-0.39, 0.29) is 5.75 Å². The van der Waals surface area contributed by atoms with Crippen LogP contribution >= 0.6 is 23.2 Å². The Bertz CT molecular complexity index is 576. The first-order chi connectivity index (χ1) is 9.56. The minimum absolute atomic E-state index is 0.129. The molecule has 0 saturated carbocycles. The van der Waals surface area contributed by atoms with Crippen molar-refractivity contribution in [1.29, 1.82) is 0 Å². The third kappa shape index (κ3) is 3.99. The minimum Gasteiger partial charge on any atom is -0.435 e.